The maximum atomic E-state index is 12.0. The van der Waals surface area contributed by atoms with Crippen molar-refractivity contribution in [1.82, 2.24) is 4.98 Å². The number of halogens is 1. The van der Waals surface area contributed by atoms with Crippen molar-refractivity contribution >= 4 is 17.4 Å². The van der Waals surface area contributed by atoms with Crippen LogP contribution >= 0.6 is 11.6 Å². The molecule has 0 spiro atoms. The number of carbonyl (C=O) groups is 1. The average molecular weight is 280 g/mol. The molecule has 0 unspecified atom stereocenters. The molecule has 0 N–H and O–H groups in total. The summed E-state index contributed by atoms with van der Waals surface area (Å²) in [6, 6.07) is 3.40. The summed E-state index contributed by atoms with van der Waals surface area (Å²) < 4.78 is 0. The van der Waals surface area contributed by atoms with E-state index >= 15 is 0 Å². The van der Waals surface area contributed by atoms with Crippen LogP contribution in [0, 0.1) is 5.92 Å². The van der Waals surface area contributed by atoms with E-state index in [0.29, 0.717) is 17.1 Å². The van der Waals surface area contributed by atoms with Crippen LogP contribution in [0.3, 0.4) is 0 Å². The summed E-state index contributed by atoms with van der Waals surface area (Å²) in [4.78, 5) is 15.9. The third-order valence-corrected chi connectivity index (χ3v) is 4.25. The Bertz CT molecular complexity index is 413. The molecule has 1 aromatic rings. The lowest BCUT2D eigenvalue weighted by Gasteiger charge is -2.21. The molecule has 0 saturated heterocycles. The Morgan fingerprint density at radius 1 is 1.26 bits per heavy atom. The van der Waals surface area contributed by atoms with Crippen LogP contribution in [0.25, 0.3) is 0 Å². The Kier molecular flexibility index (Phi) is 5.84. The van der Waals surface area contributed by atoms with Crippen molar-refractivity contribution in [2.45, 2.75) is 57.8 Å². The van der Waals surface area contributed by atoms with Crippen molar-refractivity contribution in [3.8, 4) is 0 Å². The van der Waals surface area contributed by atoms with Crippen molar-refractivity contribution in [2.24, 2.45) is 5.92 Å². The molecular formula is C16H22ClNO. The minimum Gasteiger partial charge on any atom is -0.294 e. The summed E-state index contributed by atoms with van der Waals surface area (Å²) in [5.74, 6) is 1.10. The quantitative estimate of drug-likeness (QED) is 0.414. The molecule has 2 rings (SSSR count). The number of aromatic nitrogens is 1. The van der Waals surface area contributed by atoms with Gasteiger partial charge in [-0.15, -0.1) is 0 Å². The van der Waals surface area contributed by atoms with E-state index in [-0.39, 0.29) is 5.78 Å². The molecule has 3 heteroatoms. The molecule has 0 aliphatic heterocycles. The van der Waals surface area contributed by atoms with Gasteiger partial charge < -0.3 is 0 Å². The van der Waals surface area contributed by atoms with Crippen LogP contribution < -0.4 is 0 Å². The smallest absolute Gasteiger partial charge is 0.163 e. The summed E-state index contributed by atoms with van der Waals surface area (Å²) >= 11 is 5.79. The lowest BCUT2D eigenvalue weighted by atomic mass is 9.85. The monoisotopic (exact) mass is 279 g/mol. The first-order valence-electron chi connectivity index (χ1n) is 7.40. The van der Waals surface area contributed by atoms with Crippen LogP contribution in [-0.2, 0) is 0 Å². The van der Waals surface area contributed by atoms with E-state index in [1.54, 1.807) is 18.3 Å². The van der Waals surface area contributed by atoms with Gasteiger partial charge in [-0.25, -0.2) is 4.98 Å². The second-order valence-corrected chi connectivity index (χ2v) is 5.93. The summed E-state index contributed by atoms with van der Waals surface area (Å²) in [6.07, 6.45) is 12.7. The Balaban J connectivity index is 1.66. The number of nitrogens with zero attached hydrogens (tertiary/aromatic N) is 1. The van der Waals surface area contributed by atoms with Gasteiger partial charge in [0.15, 0.2) is 5.78 Å². The van der Waals surface area contributed by atoms with Crippen molar-refractivity contribution in [2.75, 3.05) is 0 Å². The average Bonchev–Trinajstić information content (AvgIpc) is 2.44. The Morgan fingerprint density at radius 2 is 2.05 bits per heavy atom. The third-order valence-electron chi connectivity index (χ3n) is 4.04. The zero-order valence-electron chi connectivity index (χ0n) is 11.4. The summed E-state index contributed by atoms with van der Waals surface area (Å²) in [6.45, 7) is 0. The second kappa shape index (κ2) is 7.64. The van der Waals surface area contributed by atoms with Crippen LogP contribution in [-0.4, -0.2) is 10.8 Å². The van der Waals surface area contributed by atoms with Gasteiger partial charge in [-0.1, -0.05) is 56.5 Å². The number of unbranched alkanes of at least 4 members (excludes halogenated alkanes) is 1. The van der Waals surface area contributed by atoms with Gasteiger partial charge in [0, 0.05) is 18.2 Å². The number of ketones is 1. The molecule has 1 saturated carbocycles. The number of hydrogen-bond donors (Lipinski definition) is 0. The number of hydrogen-bond acceptors (Lipinski definition) is 2. The first-order valence-corrected chi connectivity index (χ1v) is 7.78. The van der Waals surface area contributed by atoms with Gasteiger partial charge in [0.05, 0.1) is 0 Å². The number of rotatable bonds is 6. The Labute approximate surface area is 120 Å². The highest BCUT2D eigenvalue weighted by molar-refractivity contribution is 6.29. The SMILES string of the molecule is O=C(CCCCC1CCCCC1)c1ccnc(Cl)c1. The summed E-state index contributed by atoms with van der Waals surface area (Å²) in [7, 11) is 0. The molecule has 0 bridgehead atoms. The van der Waals surface area contributed by atoms with Gasteiger partial charge in [-0.05, 0) is 24.5 Å². The molecule has 0 atom stereocenters. The van der Waals surface area contributed by atoms with Crippen LogP contribution in [0.15, 0.2) is 18.3 Å². The molecule has 104 valence electrons. The number of Topliss-reactive ketones (excluding diaryl/α,β-unsaturated/α-hetero) is 1. The van der Waals surface area contributed by atoms with E-state index in [9.17, 15) is 4.79 Å². The van der Waals surface area contributed by atoms with E-state index in [1.807, 2.05) is 0 Å². The minimum absolute atomic E-state index is 0.188. The van der Waals surface area contributed by atoms with Crippen LogP contribution in [0.1, 0.15) is 68.1 Å². The van der Waals surface area contributed by atoms with Gasteiger partial charge in [-0.2, -0.15) is 0 Å². The number of carbonyl (C=O) groups excluding carboxylic acids is 1. The van der Waals surface area contributed by atoms with Crippen LogP contribution in [0.4, 0.5) is 0 Å². The zero-order valence-corrected chi connectivity index (χ0v) is 12.2. The van der Waals surface area contributed by atoms with Crippen LogP contribution in [0.5, 0.6) is 0 Å². The van der Waals surface area contributed by atoms with Crippen molar-refractivity contribution in [3.05, 3.63) is 29.0 Å². The molecule has 1 aliphatic rings. The summed E-state index contributed by atoms with van der Waals surface area (Å²) in [5.41, 5.74) is 0.692. The fourth-order valence-electron chi connectivity index (χ4n) is 2.91. The van der Waals surface area contributed by atoms with Gasteiger partial charge in [-0.3, -0.25) is 4.79 Å². The minimum atomic E-state index is 0.188. The van der Waals surface area contributed by atoms with E-state index in [2.05, 4.69) is 4.98 Å². The lowest BCUT2D eigenvalue weighted by molar-refractivity contribution is 0.0978. The van der Waals surface area contributed by atoms with E-state index in [4.69, 9.17) is 11.6 Å². The fraction of sp³-hybridized carbons (Fsp3) is 0.625. The highest BCUT2D eigenvalue weighted by Crippen LogP contribution is 2.28. The molecular weight excluding hydrogens is 258 g/mol. The van der Waals surface area contributed by atoms with Crippen molar-refractivity contribution in [1.29, 1.82) is 0 Å². The largest absolute Gasteiger partial charge is 0.294 e. The molecule has 0 radical (unpaired) electrons. The summed E-state index contributed by atoms with van der Waals surface area (Å²) in [5, 5.41) is 0.396. The normalized spacial score (nSPS) is 16.5. The first kappa shape index (κ1) is 14.5. The van der Waals surface area contributed by atoms with Crippen molar-refractivity contribution in [3.63, 3.8) is 0 Å². The molecule has 19 heavy (non-hydrogen) atoms. The molecule has 2 nitrogen and oxygen atoms in total. The highest BCUT2D eigenvalue weighted by atomic mass is 35.5. The van der Waals surface area contributed by atoms with Crippen LogP contribution in [0.2, 0.25) is 5.15 Å². The Hall–Kier alpha value is -0.890. The second-order valence-electron chi connectivity index (χ2n) is 5.54. The first-order chi connectivity index (χ1) is 9.25. The van der Waals surface area contributed by atoms with Gasteiger partial charge in [0.1, 0.15) is 5.15 Å². The van der Waals surface area contributed by atoms with E-state index in [0.717, 1.165) is 12.3 Å². The molecule has 1 aliphatic carbocycles. The fourth-order valence-corrected chi connectivity index (χ4v) is 3.09. The topological polar surface area (TPSA) is 30.0 Å². The Morgan fingerprint density at radius 3 is 2.79 bits per heavy atom. The predicted octanol–water partition coefficient (Wildman–Crippen LogP) is 5.06. The molecule has 1 heterocycles. The molecule has 0 amide bonds. The van der Waals surface area contributed by atoms with Gasteiger partial charge in [0.25, 0.3) is 0 Å². The third kappa shape index (κ3) is 4.94. The zero-order chi connectivity index (χ0) is 13.5. The van der Waals surface area contributed by atoms with E-state index in [1.165, 1.54) is 44.9 Å². The lowest BCUT2D eigenvalue weighted by Crippen LogP contribution is -2.06. The molecule has 0 aromatic carbocycles. The molecule has 1 aromatic heterocycles. The highest BCUT2D eigenvalue weighted by Gasteiger charge is 2.13. The van der Waals surface area contributed by atoms with Gasteiger partial charge in [0.2, 0.25) is 0 Å². The number of pyridine rings is 1. The van der Waals surface area contributed by atoms with Crippen molar-refractivity contribution < 1.29 is 4.79 Å². The maximum Gasteiger partial charge on any atom is 0.163 e. The maximum absolute atomic E-state index is 12.0. The van der Waals surface area contributed by atoms with E-state index < -0.39 is 0 Å². The standard InChI is InChI=1S/C16H22ClNO/c17-16-12-14(10-11-18-16)15(19)9-5-4-8-13-6-2-1-3-7-13/h10-13H,1-9H2. The predicted molar refractivity (Wildman–Crippen MR) is 78.6 cm³/mol. The van der Waals surface area contributed by atoms with Gasteiger partial charge >= 0.3 is 0 Å². The molecule has 1 fully saturated rings.